The minimum Gasteiger partial charge on any atom is -0.467 e. The Morgan fingerprint density at radius 3 is 2.31 bits per heavy atom. The second-order valence-electron chi connectivity index (χ2n) is 7.32. The molecule has 1 aliphatic heterocycles. The van der Waals surface area contributed by atoms with Gasteiger partial charge in [-0.1, -0.05) is 12.1 Å². The van der Waals surface area contributed by atoms with Crippen LogP contribution in [0.1, 0.15) is 39.3 Å². The Kier molecular flexibility index (Phi) is 4.66. The molecule has 1 atom stereocenters. The number of esters is 1. The molecule has 2 heterocycles. The first kappa shape index (κ1) is 18.6. The van der Waals surface area contributed by atoms with Gasteiger partial charge < -0.3 is 14.0 Å². The van der Waals surface area contributed by atoms with Gasteiger partial charge in [-0.2, -0.15) is 5.10 Å². The number of ether oxygens (including phenoxy) is 1. The second-order valence-corrected chi connectivity index (χ2v) is 7.32. The quantitative estimate of drug-likeness (QED) is 0.617. The summed E-state index contributed by atoms with van der Waals surface area (Å²) in [7, 11) is 0.720. The largest absolute Gasteiger partial charge is 0.498 e. The highest BCUT2D eigenvalue weighted by molar-refractivity contribution is 6.62. The van der Waals surface area contributed by atoms with Crippen LogP contribution in [0.2, 0.25) is 0 Å². The van der Waals surface area contributed by atoms with Crippen molar-refractivity contribution in [1.82, 2.24) is 9.78 Å². The van der Waals surface area contributed by atoms with Gasteiger partial charge in [0.1, 0.15) is 5.82 Å². The number of carbonyl (C=O) groups excluding carboxylic acids is 1. The molecule has 1 unspecified atom stereocenters. The summed E-state index contributed by atoms with van der Waals surface area (Å²) in [5.41, 5.74) is 0.318. The maximum Gasteiger partial charge on any atom is 0.498 e. The fourth-order valence-corrected chi connectivity index (χ4v) is 2.75. The first-order valence-electron chi connectivity index (χ1n) is 8.37. The first-order valence-corrected chi connectivity index (χ1v) is 8.37. The van der Waals surface area contributed by atoms with Crippen LogP contribution in [0.3, 0.4) is 0 Å². The lowest BCUT2D eigenvalue weighted by Gasteiger charge is -2.32. The molecule has 0 bridgehead atoms. The molecule has 0 spiro atoms. The van der Waals surface area contributed by atoms with Crippen molar-refractivity contribution in [2.45, 2.75) is 44.9 Å². The molecule has 26 heavy (non-hydrogen) atoms. The zero-order valence-corrected chi connectivity index (χ0v) is 15.5. The summed E-state index contributed by atoms with van der Waals surface area (Å²) in [5.74, 6) is -0.879. The minimum absolute atomic E-state index is 0.379. The van der Waals surface area contributed by atoms with E-state index in [9.17, 15) is 9.18 Å². The number of methoxy groups -OCH3 is 1. The van der Waals surface area contributed by atoms with Crippen molar-refractivity contribution in [3.8, 4) is 0 Å². The molecule has 3 rings (SSSR count). The molecule has 1 aromatic heterocycles. The van der Waals surface area contributed by atoms with E-state index >= 15 is 0 Å². The van der Waals surface area contributed by atoms with Gasteiger partial charge in [0, 0.05) is 17.9 Å². The zero-order valence-electron chi connectivity index (χ0n) is 15.5. The Balaban J connectivity index is 1.91. The number of hydrogen-bond acceptors (Lipinski definition) is 5. The van der Waals surface area contributed by atoms with Gasteiger partial charge in [-0.15, -0.1) is 0 Å². The summed E-state index contributed by atoms with van der Waals surface area (Å²) in [5, 5.41) is 4.29. The van der Waals surface area contributed by atoms with Crippen LogP contribution in [-0.4, -0.2) is 41.2 Å². The van der Waals surface area contributed by atoms with Crippen molar-refractivity contribution in [2.24, 2.45) is 0 Å². The third-order valence-electron chi connectivity index (χ3n) is 5.02. The van der Waals surface area contributed by atoms with Gasteiger partial charge >= 0.3 is 13.1 Å². The van der Waals surface area contributed by atoms with Crippen molar-refractivity contribution in [3.05, 3.63) is 48.0 Å². The molecule has 1 fully saturated rings. The molecule has 0 aliphatic carbocycles. The van der Waals surface area contributed by atoms with Crippen LogP contribution in [0.25, 0.3) is 0 Å². The average molecular weight is 360 g/mol. The van der Waals surface area contributed by atoms with Gasteiger partial charge in [-0.25, -0.2) is 9.18 Å². The minimum atomic E-state index is -0.822. The molecule has 8 heteroatoms. The topological polar surface area (TPSA) is 62.6 Å². The summed E-state index contributed by atoms with van der Waals surface area (Å²) in [6.07, 6.45) is 3.29. The van der Waals surface area contributed by atoms with Gasteiger partial charge in [0.15, 0.2) is 6.04 Å². The van der Waals surface area contributed by atoms with Crippen LogP contribution in [0, 0.1) is 5.82 Å². The van der Waals surface area contributed by atoms with Gasteiger partial charge in [0.25, 0.3) is 0 Å². The molecule has 0 saturated carbocycles. The highest BCUT2D eigenvalue weighted by atomic mass is 19.1. The molecule has 0 N–H and O–H groups in total. The highest BCUT2D eigenvalue weighted by Crippen LogP contribution is 2.36. The summed E-state index contributed by atoms with van der Waals surface area (Å²) in [6, 6.07) is 4.84. The lowest BCUT2D eigenvalue weighted by Crippen LogP contribution is -2.41. The monoisotopic (exact) mass is 360 g/mol. The molecule has 1 aliphatic rings. The molecule has 138 valence electrons. The average Bonchev–Trinajstić information content (AvgIpc) is 3.12. The van der Waals surface area contributed by atoms with E-state index in [1.54, 1.807) is 12.4 Å². The number of benzene rings is 1. The molecule has 1 aromatic carbocycles. The van der Waals surface area contributed by atoms with Crippen molar-refractivity contribution in [2.75, 3.05) is 7.11 Å². The Morgan fingerprint density at radius 1 is 1.19 bits per heavy atom. The van der Waals surface area contributed by atoms with Gasteiger partial charge in [-0.3, -0.25) is 4.68 Å². The highest BCUT2D eigenvalue weighted by Gasteiger charge is 2.52. The molecule has 2 aromatic rings. The van der Waals surface area contributed by atoms with Crippen LogP contribution < -0.4 is 5.46 Å². The molecule has 6 nitrogen and oxygen atoms in total. The third-order valence-corrected chi connectivity index (χ3v) is 5.02. The third kappa shape index (κ3) is 3.26. The lowest BCUT2D eigenvalue weighted by molar-refractivity contribution is -0.143. The number of rotatable bonds is 4. The number of halogens is 1. The molecular formula is C18H22BFN2O4. The standard InChI is InChI=1S/C18H22BFN2O4/c1-17(2)18(3,4)26-19(25-17)13-10-21-22(11-13)15(16(23)24-5)12-6-8-14(20)9-7-12/h6-11,15H,1-5H3. The van der Waals surface area contributed by atoms with Crippen molar-refractivity contribution in [1.29, 1.82) is 0 Å². The number of nitrogens with zero attached hydrogens (tertiary/aromatic N) is 2. The van der Waals surface area contributed by atoms with Crippen LogP contribution in [0.4, 0.5) is 4.39 Å². The maximum atomic E-state index is 13.2. The predicted octanol–water partition coefficient (Wildman–Crippen LogP) is 2.08. The number of aromatic nitrogens is 2. The van der Waals surface area contributed by atoms with E-state index in [2.05, 4.69) is 5.10 Å². The fraction of sp³-hybridized carbons (Fsp3) is 0.444. The number of carbonyl (C=O) groups is 1. The van der Waals surface area contributed by atoms with E-state index < -0.39 is 30.3 Å². The Morgan fingerprint density at radius 2 is 1.77 bits per heavy atom. The van der Waals surface area contributed by atoms with Crippen molar-refractivity contribution < 1.29 is 23.2 Å². The summed E-state index contributed by atoms with van der Waals surface area (Å²) < 4.78 is 31.6. The fourth-order valence-electron chi connectivity index (χ4n) is 2.75. The predicted molar refractivity (Wildman–Crippen MR) is 94.5 cm³/mol. The normalized spacial score (nSPS) is 19.4. The van der Waals surface area contributed by atoms with Crippen LogP contribution in [0.5, 0.6) is 0 Å². The lowest BCUT2D eigenvalue weighted by atomic mass is 9.82. The smallest absolute Gasteiger partial charge is 0.467 e. The summed E-state index contributed by atoms with van der Waals surface area (Å²) >= 11 is 0. The summed E-state index contributed by atoms with van der Waals surface area (Å²) in [6.45, 7) is 7.86. The van der Waals surface area contributed by atoms with E-state index in [4.69, 9.17) is 14.0 Å². The van der Waals surface area contributed by atoms with E-state index in [-0.39, 0.29) is 5.82 Å². The molecule has 0 radical (unpaired) electrons. The Labute approximate surface area is 152 Å². The first-order chi connectivity index (χ1) is 12.1. The van der Waals surface area contributed by atoms with Crippen LogP contribution in [0.15, 0.2) is 36.7 Å². The van der Waals surface area contributed by atoms with E-state index in [1.165, 1.54) is 36.1 Å². The molecular weight excluding hydrogens is 338 g/mol. The van der Waals surface area contributed by atoms with Crippen molar-refractivity contribution in [3.63, 3.8) is 0 Å². The number of hydrogen-bond donors (Lipinski definition) is 0. The second kappa shape index (κ2) is 6.52. The molecule has 0 amide bonds. The van der Waals surface area contributed by atoms with E-state index in [0.717, 1.165) is 0 Å². The summed E-state index contributed by atoms with van der Waals surface area (Å²) in [4.78, 5) is 12.3. The van der Waals surface area contributed by atoms with Gasteiger partial charge in [0.05, 0.1) is 18.3 Å². The van der Waals surface area contributed by atoms with Gasteiger partial charge in [0.2, 0.25) is 0 Å². The maximum absolute atomic E-state index is 13.2. The Bertz CT molecular complexity index is 788. The van der Waals surface area contributed by atoms with Crippen LogP contribution in [-0.2, 0) is 18.8 Å². The van der Waals surface area contributed by atoms with E-state index in [0.29, 0.717) is 11.0 Å². The SMILES string of the molecule is COC(=O)C(c1ccc(F)cc1)n1cc(B2OC(C)(C)C(C)(C)O2)cn1. The molecule has 1 saturated heterocycles. The zero-order chi connectivity index (χ0) is 19.1. The Hall–Kier alpha value is -2.19. The van der Waals surface area contributed by atoms with Gasteiger partial charge in [-0.05, 0) is 45.4 Å². The van der Waals surface area contributed by atoms with Crippen molar-refractivity contribution >= 4 is 18.6 Å². The van der Waals surface area contributed by atoms with E-state index in [1.807, 2.05) is 27.7 Å². The van der Waals surface area contributed by atoms with Crippen LogP contribution >= 0.6 is 0 Å².